The number of rotatable bonds is 5. The van der Waals surface area contributed by atoms with E-state index in [0.29, 0.717) is 17.0 Å². The molecule has 1 heterocycles. The molecule has 2 aromatic carbocycles. The molecule has 2 aromatic rings. The number of benzene rings is 2. The molecule has 0 aromatic heterocycles. The van der Waals surface area contributed by atoms with Crippen molar-refractivity contribution in [3.05, 3.63) is 58.7 Å². The SMILES string of the molecule is Cc1cc(C)c(C)c(O[C@@H](C)C(=O)Nc2ccccc2C(=O)N2CCCC2)c1. The van der Waals surface area contributed by atoms with Crippen molar-refractivity contribution in [3.63, 3.8) is 0 Å². The number of carbonyl (C=O) groups is 2. The minimum absolute atomic E-state index is 0.0351. The van der Waals surface area contributed by atoms with Crippen molar-refractivity contribution in [2.24, 2.45) is 0 Å². The Morgan fingerprint density at radius 3 is 2.46 bits per heavy atom. The second kappa shape index (κ2) is 8.46. The zero-order valence-corrected chi connectivity index (χ0v) is 17.0. The average Bonchev–Trinajstić information content (AvgIpc) is 3.20. The average molecular weight is 380 g/mol. The van der Waals surface area contributed by atoms with Gasteiger partial charge in [-0.1, -0.05) is 18.2 Å². The molecule has 0 bridgehead atoms. The van der Waals surface area contributed by atoms with E-state index in [9.17, 15) is 9.59 Å². The number of anilines is 1. The number of hydrogen-bond donors (Lipinski definition) is 1. The topological polar surface area (TPSA) is 58.6 Å². The third-order valence-electron chi connectivity index (χ3n) is 5.25. The van der Waals surface area contributed by atoms with Gasteiger partial charge in [-0.25, -0.2) is 0 Å². The van der Waals surface area contributed by atoms with E-state index in [2.05, 4.69) is 11.4 Å². The van der Waals surface area contributed by atoms with Gasteiger partial charge in [0.05, 0.1) is 11.3 Å². The highest BCUT2D eigenvalue weighted by atomic mass is 16.5. The summed E-state index contributed by atoms with van der Waals surface area (Å²) in [4.78, 5) is 27.3. The molecule has 0 aliphatic carbocycles. The highest BCUT2D eigenvalue weighted by Crippen LogP contribution is 2.25. The number of ether oxygens (including phenoxy) is 1. The van der Waals surface area contributed by atoms with Gasteiger partial charge in [0.15, 0.2) is 6.10 Å². The lowest BCUT2D eigenvalue weighted by atomic mass is 10.1. The van der Waals surface area contributed by atoms with Crippen LogP contribution in [-0.2, 0) is 4.79 Å². The van der Waals surface area contributed by atoms with Crippen LogP contribution in [0.1, 0.15) is 46.8 Å². The van der Waals surface area contributed by atoms with Crippen LogP contribution in [0.3, 0.4) is 0 Å². The third-order valence-corrected chi connectivity index (χ3v) is 5.25. The Labute approximate surface area is 166 Å². The monoisotopic (exact) mass is 380 g/mol. The summed E-state index contributed by atoms with van der Waals surface area (Å²) in [5, 5.41) is 2.87. The van der Waals surface area contributed by atoms with Crippen molar-refractivity contribution in [2.45, 2.75) is 46.6 Å². The van der Waals surface area contributed by atoms with Gasteiger partial charge < -0.3 is 15.0 Å². The molecule has 0 spiro atoms. The Hall–Kier alpha value is -2.82. The molecular formula is C23H28N2O3. The Morgan fingerprint density at radius 2 is 1.75 bits per heavy atom. The molecule has 0 radical (unpaired) electrons. The fraction of sp³-hybridized carbons (Fsp3) is 0.391. The van der Waals surface area contributed by atoms with Gasteiger partial charge in [-0.15, -0.1) is 0 Å². The number of carbonyl (C=O) groups excluding carboxylic acids is 2. The van der Waals surface area contributed by atoms with Gasteiger partial charge in [0.1, 0.15) is 5.75 Å². The second-order valence-corrected chi connectivity index (χ2v) is 7.50. The van der Waals surface area contributed by atoms with E-state index in [-0.39, 0.29) is 11.8 Å². The molecular weight excluding hydrogens is 352 g/mol. The first-order valence-corrected chi connectivity index (χ1v) is 9.80. The van der Waals surface area contributed by atoms with Crippen molar-refractivity contribution in [3.8, 4) is 5.75 Å². The highest BCUT2D eigenvalue weighted by molar-refractivity contribution is 6.04. The Kier molecular flexibility index (Phi) is 6.02. The van der Waals surface area contributed by atoms with Gasteiger partial charge in [-0.3, -0.25) is 9.59 Å². The van der Waals surface area contributed by atoms with E-state index < -0.39 is 6.10 Å². The number of aryl methyl sites for hydroxylation is 2. The number of likely N-dealkylation sites (tertiary alicyclic amines) is 1. The molecule has 0 unspecified atom stereocenters. The van der Waals surface area contributed by atoms with Crippen LogP contribution >= 0.6 is 0 Å². The van der Waals surface area contributed by atoms with Crippen LogP contribution in [-0.4, -0.2) is 35.9 Å². The Bertz CT molecular complexity index is 885. The maximum atomic E-state index is 12.8. The van der Waals surface area contributed by atoms with Gasteiger partial charge in [0, 0.05) is 13.1 Å². The molecule has 1 aliphatic heterocycles. The van der Waals surface area contributed by atoms with Gasteiger partial charge in [0.25, 0.3) is 11.8 Å². The third kappa shape index (κ3) is 4.35. The summed E-state index contributed by atoms with van der Waals surface area (Å²) in [5.74, 6) is 0.397. The van der Waals surface area contributed by atoms with Crippen LogP contribution < -0.4 is 10.1 Å². The maximum absolute atomic E-state index is 12.8. The molecule has 1 fully saturated rings. The van der Waals surface area contributed by atoms with E-state index in [0.717, 1.165) is 42.6 Å². The van der Waals surface area contributed by atoms with Crippen LogP contribution in [0.15, 0.2) is 36.4 Å². The van der Waals surface area contributed by atoms with Crippen LogP contribution in [0.5, 0.6) is 5.75 Å². The number of amides is 2. The molecule has 3 rings (SSSR count). The zero-order valence-electron chi connectivity index (χ0n) is 17.0. The van der Waals surface area contributed by atoms with Crippen molar-refractivity contribution < 1.29 is 14.3 Å². The Balaban J connectivity index is 1.73. The minimum atomic E-state index is -0.685. The normalized spacial score (nSPS) is 14.6. The fourth-order valence-corrected chi connectivity index (χ4v) is 3.47. The van der Waals surface area contributed by atoms with E-state index in [4.69, 9.17) is 4.74 Å². The highest BCUT2D eigenvalue weighted by Gasteiger charge is 2.24. The van der Waals surface area contributed by atoms with Crippen molar-refractivity contribution in [1.29, 1.82) is 0 Å². The summed E-state index contributed by atoms with van der Waals surface area (Å²) in [5.41, 5.74) is 4.29. The lowest BCUT2D eigenvalue weighted by molar-refractivity contribution is -0.122. The van der Waals surface area contributed by atoms with Gasteiger partial charge in [-0.05, 0) is 75.4 Å². The summed E-state index contributed by atoms with van der Waals surface area (Å²) < 4.78 is 5.93. The Morgan fingerprint density at radius 1 is 1.07 bits per heavy atom. The fourth-order valence-electron chi connectivity index (χ4n) is 3.47. The number of nitrogens with zero attached hydrogens (tertiary/aromatic N) is 1. The largest absolute Gasteiger partial charge is 0.481 e. The number of nitrogens with one attached hydrogen (secondary N) is 1. The predicted octanol–water partition coefficient (Wildman–Crippen LogP) is 4.25. The first kappa shape index (κ1) is 19.9. The standard InChI is InChI=1S/C23H28N2O3/c1-15-13-16(2)17(3)21(14-15)28-18(4)22(26)24-20-10-6-5-9-19(20)23(27)25-11-7-8-12-25/h5-6,9-10,13-14,18H,7-8,11-12H2,1-4H3,(H,24,26)/t18-/m0/s1. The van der Waals surface area contributed by atoms with Crippen LogP contribution in [0.2, 0.25) is 0 Å². The molecule has 0 saturated carbocycles. The molecule has 148 valence electrons. The zero-order chi connectivity index (χ0) is 20.3. The summed E-state index contributed by atoms with van der Waals surface area (Å²) in [6.45, 7) is 9.28. The first-order valence-electron chi connectivity index (χ1n) is 9.80. The summed E-state index contributed by atoms with van der Waals surface area (Å²) in [6, 6.07) is 11.2. The van der Waals surface area contributed by atoms with E-state index in [1.807, 2.05) is 43.9 Å². The molecule has 2 amide bonds. The molecule has 1 N–H and O–H groups in total. The van der Waals surface area contributed by atoms with E-state index >= 15 is 0 Å². The summed E-state index contributed by atoms with van der Waals surface area (Å²) in [6.07, 6.45) is 1.37. The number of hydrogen-bond acceptors (Lipinski definition) is 3. The minimum Gasteiger partial charge on any atom is -0.481 e. The van der Waals surface area contributed by atoms with Crippen LogP contribution in [0.4, 0.5) is 5.69 Å². The number of para-hydroxylation sites is 1. The van der Waals surface area contributed by atoms with Crippen molar-refractivity contribution in [1.82, 2.24) is 4.90 Å². The summed E-state index contributed by atoms with van der Waals surface area (Å²) in [7, 11) is 0. The predicted molar refractivity (Wildman–Crippen MR) is 111 cm³/mol. The lowest BCUT2D eigenvalue weighted by Gasteiger charge is -2.20. The molecule has 5 heteroatoms. The van der Waals surface area contributed by atoms with Gasteiger partial charge >= 0.3 is 0 Å². The molecule has 1 aliphatic rings. The van der Waals surface area contributed by atoms with Crippen molar-refractivity contribution in [2.75, 3.05) is 18.4 Å². The quantitative estimate of drug-likeness (QED) is 0.843. The maximum Gasteiger partial charge on any atom is 0.265 e. The van der Waals surface area contributed by atoms with Gasteiger partial charge in [-0.2, -0.15) is 0 Å². The van der Waals surface area contributed by atoms with Gasteiger partial charge in [0.2, 0.25) is 0 Å². The smallest absolute Gasteiger partial charge is 0.265 e. The molecule has 5 nitrogen and oxygen atoms in total. The van der Waals surface area contributed by atoms with Crippen molar-refractivity contribution >= 4 is 17.5 Å². The lowest BCUT2D eigenvalue weighted by Crippen LogP contribution is -2.32. The summed E-state index contributed by atoms with van der Waals surface area (Å²) >= 11 is 0. The first-order chi connectivity index (χ1) is 13.4. The van der Waals surface area contributed by atoms with E-state index in [1.165, 1.54) is 0 Å². The van der Waals surface area contributed by atoms with Crippen LogP contribution in [0.25, 0.3) is 0 Å². The molecule has 1 atom stereocenters. The second-order valence-electron chi connectivity index (χ2n) is 7.50. The van der Waals surface area contributed by atoms with E-state index in [1.54, 1.807) is 19.1 Å². The molecule has 28 heavy (non-hydrogen) atoms. The van der Waals surface area contributed by atoms with Crippen LogP contribution in [0, 0.1) is 20.8 Å². The molecule has 1 saturated heterocycles.